The van der Waals surface area contributed by atoms with E-state index >= 15 is 0 Å². The van der Waals surface area contributed by atoms with Crippen molar-refractivity contribution in [2.24, 2.45) is 0 Å². The summed E-state index contributed by atoms with van der Waals surface area (Å²) in [6.07, 6.45) is 0.232. The highest BCUT2D eigenvalue weighted by atomic mass is 19.1. The summed E-state index contributed by atoms with van der Waals surface area (Å²) in [6.45, 7) is 1.86. The van der Waals surface area contributed by atoms with Gasteiger partial charge in [0, 0.05) is 11.3 Å². The molecule has 2 rings (SSSR count). The number of nitrogens with one attached hydrogen (secondary N) is 1. The molecule has 1 heterocycles. The van der Waals surface area contributed by atoms with Crippen LogP contribution in [0.25, 0.3) is 11.3 Å². The molecule has 0 radical (unpaired) electrons. The zero-order chi connectivity index (χ0) is 11.5. The Hall–Kier alpha value is -2.15. The molecule has 4 heteroatoms. The molecule has 2 aromatic rings. The van der Waals surface area contributed by atoms with Crippen LogP contribution in [0.15, 0.2) is 24.3 Å². The predicted octanol–water partition coefficient (Wildman–Crippen LogP) is 2.59. The molecule has 0 fully saturated rings. The Bertz CT molecular complexity index is 552. The van der Waals surface area contributed by atoms with Gasteiger partial charge in [0.25, 0.3) is 0 Å². The number of H-pyrrole nitrogens is 1. The normalized spacial score (nSPS) is 10.1. The van der Waals surface area contributed by atoms with E-state index in [1.54, 1.807) is 12.1 Å². The number of benzene rings is 1. The lowest BCUT2D eigenvalue weighted by Crippen LogP contribution is -1.84. The number of rotatable bonds is 2. The van der Waals surface area contributed by atoms with Crippen LogP contribution in [-0.4, -0.2) is 9.97 Å². The lowest BCUT2D eigenvalue weighted by molar-refractivity contribution is 0.628. The Morgan fingerprint density at radius 2 is 2.31 bits per heavy atom. The lowest BCUT2D eigenvalue weighted by Gasteiger charge is -1.97. The van der Waals surface area contributed by atoms with Crippen LogP contribution in [0, 0.1) is 24.1 Å². The van der Waals surface area contributed by atoms with Crippen LogP contribution in [0.5, 0.6) is 0 Å². The van der Waals surface area contributed by atoms with Crippen molar-refractivity contribution in [1.82, 2.24) is 9.97 Å². The molecule has 0 amide bonds. The first kappa shape index (κ1) is 10.4. The molecular formula is C12H10FN3. The van der Waals surface area contributed by atoms with Crippen molar-refractivity contribution in [2.45, 2.75) is 13.3 Å². The van der Waals surface area contributed by atoms with Gasteiger partial charge in [-0.1, -0.05) is 12.1 Å². The molecule has 1 N–H and O–H groups in total. The van der Waals surface area contributed by atoms with Crippen LogP contribution in [0.1, 0.15) is 11.5 Å². The van der Waals surface area contributed by atoms with E-state index in [1.165, 1.54) is 12.1 Å². The molecule has 0 aliphatic rings. The van der Waals surface area contributed by atoms with E-state index in [0.717, 1.165) is 11.3 Å². The smallest absolute Gasteiger partial charge is 0.123 e. The van der Waals surface area contributed by atoms with Gasteiger partial charge < -0.3 is 4.98 Å². The second-order valence-corrected chi connectivity index (χ2v) is 3.50. The molecule has 0 aliphatic heterocycles. The Morgan fingerprint density at radius 1 is 1.50 bits per heavy atom. The SMILES string of the molecule is Cc1[nH]c(CC#N)nc1-c1cccc(F)c1. The first-order valence-electron chi connectivity index (χ1n) is 4.89. The van der Waals surface area contributed by atoms with E-state index in [-0.39, 0.29) is 12.2 Å². The third-order valence-electron chi connectivity index (χ3n) is 2.28. The zero-order valence-electron chi connectivity index (χ0n) is 8.79. The van der Waals surface area contributed by atoms with Gasteiger partial charge in [0.1, 0.15) is 11.6 Å². The van der Waals surface area contributed by atoms with Gasteiger partial charge >= 0.3 is 0 Å². The number of aromatic amines is 1. The summed E-state index contributed by atoms with van der Waals surface area (Å²) in [5.41, 5.74) is 2.26. The Balaban J connectivity index is 2.44. The van der Waals surface area contributed by atoms with Crippen molar-refractivity contribution in [3.63, 3.8) is 0 Å². The van der Waals surface area contributed by atoms with Gasteiger partial charge in [0.05, 0.1) is 18.2 Å². The van der Waals surface area contributed by atoms with Crippen LogP contribution in [0.4, 0.5) is 4.39 Å². The first-order valence-corrected chi connectivity index (χ1v) is 4.89. The maximum atomic E-state index is 13.0. The Morgan fingerprint density at radius 3 is 3.00 bits per heavy atom. The van der Waals surface area contributed by atoms with Crippen LogP contribution in [0.2, 0.25) is 0 Å². The minimum Gasteiger partial charge on any atom is -0.345 e. The fourth-order valence-electron chi connectivity index (χ4n) is 1.60. The summed E-state index contributed by atoms with van der Waals surface area (Å²) in [7, 11) is 0. The van der Waals surface area contributed by atoms with Crippen molar-refractivity contribution >= 4 is 0 Å². The third kappa shape index (κ3) is 1.94. The maximum absolute atomic E-state index is 13.0. The lowest BCUT2D eigenvalue weighted by atomic mass is 10.1. The van der Waals surface area contributed by atoms with E-state index in [9.17, 15) is 4.39 Å². The van der Waals surface area contributed by atoms with Gasteiger partial charge in [0.15, 0.2) is 0 Å². The fourth-order valence-corrected chi connectivity index (χ4v) is 1.60. The van der Waals surface area contributed by atoms with Gasteiger partial charge in [-0.15, -0.1) is 0 Å². The largest absolute Gasteiger partial charge is 0.345 e. The monoisotopic (exact) mass is 215 g/mol. The van der Waals surface area contributed by atoms with Crippen molar-refractivity contribution in [3.8, 4) is 17.3 Å². The second kappa shape index (κ2) is 4.15. The average molecular weight is 215 g/mol. The van der Waals surface area contributed by atoms with Crippen molar-refractivity contribution in [2.75, 3.05) is 0 Å². The number of imidazole rings is 1. The molecule has 1 aromatic heterocycles. The summed E-state index contributed by atoms with van der Waals surface area (Å²) >= 11 is 0. The summed E-state index contributed by atoms with van der Waals surface area (Å²) in [6, 6.07) is 8.28. The molecular weight excluding hydrogens is 205 g/mol. The van der Waals surface area contributed by atoms with Gasteiger partial charge in [-0.2, -0.15) is 5.26 Å². The van der Waals surface area contributed by atoms with E-state index in [1.807, 2.05) is 13.0 Å². The zero-order valence-corrected chi connectivity index (χ0v) is 8.79. The highest BCUT2D eigenvalue weighted by Crippen LogP contribution is 2.21. The van der Waals surface area contributed by atoms with Crippen LogP contribution in [0.3, 0.4) is 0 Å². The fraction of sp³-hybridized carbons (Fsp3) is 0.167. The molecule has 0 saturated heterocycles. The summed E-state index contributed by atoms with van der Waals surface area (Å²) in [5.74, 6) is 0.320. The van der Waals surface area contributed by atoms with Gasteiger partial charge in [-0.05, 0) is 19.1 Å². The molecule has 1 aromatic carbocycles. The molecule has 80 valence electrons. The Labute approximate surface area is 92.6 Å². The number of nitrogens with zero attached hydrogens (tertiary/aromatic N) is 2. The molecule has 0 spiro atoms. The average Bonchev–Trinajstić information content (AvgIpc) is 2.60. The summed E-state index contributed by atoms with van der Waals surface area (Å²) < 4.78 is 13.0. The molecule has 16 heavy (non-hydrogen) atoms. The van der Waals surface area contributed by atoms with E-state index in [4.69, 9.17) is 5.26 Å². The highest BCUT2D eigenvalue weighted by Gasteiger charge is 2.08. The van der Waals surface area contributed by atoms with E-state index in [0.29, 0.717) is 11.5 Å². The molecule has 3 nitrogen and oxygen atoms in total. The molecule has 0 unspecified atom stereocenters. The quantitative estimate of drug-likeness (QED) is 0.837. The third-order valence-corrected chi connectivity index (χ3v) is 2.28. The van der Waals surface area contributed by atoms with E-state index in [2.05, 4.69) is 9.97 Å². The van der Waals surface area contributed by atoms with Crippen LogP contribution >= 0.6 is 0 Å². The highest BCUT2D eigenvalue weighted by molar-refractivity contribution is 5.61. The maximum Gasteiger partial charge on any atom is 0.123 e. The predicted molar refractivity (Wildman–Crippen MR) is 58.0 cm³/mol. The minimum absolute atomic E-state index is 0.232. The van der Waals surface area contributed by atoms with Gasteiger partial charge in [0.2, 0.25) is 0 Å². The minimum atomic E-state index is -0.290. The number of hydrogen-bond donors (Lipinski definition) is 1. The first-order chi connectivity index (χ1) is 7.70. The summed E-state index contributed by atoms with van der Waals surface area (Å²) in [5, 5.41) is 8.56. The van der Waals surface area contributed by atoms with Gasteiger partial charge in [-0.25, -0.2) is 9.37 Å². The number of nitriles is 1. The summed E-state index contributed by atoms with van der Waals surface area (Å²) in [4.78, 5) is 7.27. The van der Waals surface area contributed by atoms with Crippen LogP contribution < -0.4 is 0 Å². The number of halogens is 1. The molecule has 0 atom stereocenters. The topological polar surface area (TPSA) is 52.5 Å². The van der Waals surface area contributed by atoms with Crippen molar-refractivity contribution in [3.05, 3.63) is 41.6 Å². The van der Waals surface area contributed by atoms with Crippen LogP contribution in [-0.2, 0) is 6.42 Å². The molecule has 0 aliphatic carbocycles. The van der Waals surface area contributed by atoms with Crippen molar-refractivity contribution < 1.29 is 4.39 Å². The van der Waals surface area contributed by atoms with E-state index < -0.39 is 0 Å². The van der Waals surface area contributed by atoms with Crippen molar-refractivity contribution in [1.29, 1.82) is 5.26 Å². The van der Waals surface area contributed by atoms with Gasteiger partial charge in [-0.3, -0.25) is 0 Å². The second-order valence-electron chi connectivity index (χ2n) is 3.50. The number of aryl methyl sites for hydroxylation is 1. The Kier molecular flexibility index (Phi) is 2.69. The molecule has 0 saturated carbocycles. The molecule has 0 bridgehead atoms. The number of hydrogen-bond acceptors (Lipinski definition) is 2. The standard InChI is InChI=1S/C12H10FN3/c1-8-12(16-11(15-8)5-6-14)9-3-2-4-10(13)7-9/h2-4,7H,5H2,1H3,(H,15,16). The number of aromatic nitrogens is 2.